The number of rotatable bonds is 3. The smallest absolute Gasteiger partial charge is 0.0334 e. The summed E-state index contributed by atoms with van der Waals surface area (Å²) in [5.74, 6) is 1.63. The Labute approximate surface area is 103 Å². The monoisotopic (exact) mass is 237 g/mol. The molecule has 0 spiro atoms. The summed E-state index contributed by atoms with van der Waals surface area (Å²) in [7, 11) is 0. The second-order valence-electron chi connectivity index (χ2n) is 5.24. The lowest BCUT2D eigenvalue weighted by atomic mass is 9.75. The van der Waals surface area contributed by atoms with E-state index >= 15 is 0 Å². The quantitative estimate of drug-likeness (QED) is 0.834. The van der Waals surface area contributed by atoms with Gasteiger partial charge in [-0.3, -0.25) is 0 Å². The minimum Gasteiger partial charge on any atom is -0.324 e. The van der Waals surface area contributed by atoms with Gasteiger partial charge in [0.05, 0.1) is 0 Å². The predicted molar refractivity (Wildman–Crippen MR) is 71.7 cm³/mol. The number of aryl methyl sites for hydroxylation is 1. The summed E-state index contributed by atoms with van der Waals surface area (Å²) >= 11 is 1.79. The first-order valence-electron chi connectivity index (χ1n) is 6.50. The summed E-state index contributed by atoms with van der Waals surface area (Å²) in [5, 5.41) is 4.46. The van der Waals surface area contributed by atoms with Crippen molar-refractivity contribution < 1.29 is 0 Å². The Morgan fingerprint density at radius 3 is 2.88 bits per heavy atom. The zero-order valence-electron chi connectivity index (χ0n) is 10.4. The highest BCUT2D eigenvalue weighted by Crippen LogP contribution is 2.38. The van der Waals surface area contributed by atoms with Crippen LogP contribution in [0.25, 0.3) is 0 Å². The van der Waals surface area contributed by atoms with Gasteiger partial charge in [0.15, 0.2) is 0 Å². The maximum Gasteiger partial charge on any atom is 0.0334 e. The third-order valence-corrected chi connectivity index (χ3v) is 5.04. The first-order valence-corrected chi connectivity index (χ1v) is 7.45. The molecule has 1 saturated carbocycles. The van der Waals surface area contributed by atoms with Crippen molar-refractivity contribution >= 4 is 11.3 Å². The van der Waals surface area contributed by atoms with Crippen LogP contribution in [-0.2, 0) is 0 Å². The molecule has 1 aromatic rings. The van der Waals surface area contributed by atoms with Gasteiger partial charge in [0.1, 0.15) is 0 Å². The van der Waals surface area contributed by atoms with Gasteiger partial charge in [-0.15, -0.1) is 0 Å². The van der Waals surface area contributed by atoms with Crippen LogP contribution in [0.2, 0.25) is 0 Å². The fourth-order valence-electron chi connectivity index (χ4n) is 3.00. The molecule has 2 rings (SSSR count). The normalized spacial score (nSPS) is 27.9. The van der Waals surface area contributed by atoms with E-state index in [2.05, 4.69) is 24.6 Å². The fourth-order valence-corrected chi connectivity index (χ4v) is 3.89. The van der Waals surface area contributed by atoms with E-state index in [0.717, 1.165) is 5.92 Å². The Hall–Kier alpha value is -0.340. The Morgan fingerprint density at radius 2 is 2.25 bits per heavy atom. The molecule has 1 aliphatic rings. The standard InChI is InChI=1S/C14H23NS/c1-3-11-5-4-6-12(7-11)14(15)13-9-16-8-10(13)2/h8-9,11-12,14H,3-7,15H2,1-2H3. The van der Waals surface area contributed by atoms with Crippen LogP contribution < -0.4 is 5.73 Å². The van der Waals surface area contributed by atoms with Crippen LogP contribution in [0.5, 0.6) is 0 Å². The molecule has 3 unspecified atom stereocenters. The summed E-state index contributed by atoms with van der Waals surface area (Å²) in [5.41, 5.74) is 9.22. The van der Waals surface area contributed by atoms with Gasteiger partial charge in [0, 0.05) is 6.04 Å². The summed E-state index contributed by atoms with van der Waals surface area (Å²) in [4.78, 5) is 0. The van der Waals surface area contributed by atoms with Crippen LogP contribution in [0.15, 0.2) is 10.8 Å². The van der Waals surface area contributed by atoms with E-state index < -0.39 is 0 Å². The minimum atomic E-state index is 0.278. The molecule has 1 aromatic heterocycles. The van der Waals surface area contributed by atoms with E-state index in [1.165, 1.54) is 43.2 Å². The number of hydrogen-bond acceptors (Lipinski definition) is 2. The molecule has 1 nitrogen and oxygen atoms in total. The van der Waals surface area contributed by atoms with E-state index in [0.29, 0.717) is 5.92 Å². The van der Waals surface area contributed by atoms with Crippen LogP contribution in [-0.4, -0.2) is 0 Å². The highest BCUT2D eigenvalue weighted by molar-refractivity contribution is 7.08. The molecular formula is C14H23NS. The molecule has 0 bridgehead atoms. The third-order valence-electron chi connectivity index (χ3n) is 4.16. The highest BCUT2D eigenvalue weighted by Gasteiger charge is 2.27. The van der Waals surface area contributed by atoms with Crippen molar-refractivity contribution in [3.63, 3.8) is 0 Å². The molecule has 0 saturated heterocycles. The zero-order chi connectivity index (χ0) is 11.5. The maximum absolute atomic E-state index is 6.44. The molecule has 0 aromatic carbocycles. The maximum atomic E-state index is 6.44. The lowest BCUT2D eigenvalue weighted by Crippen LogP contribution is -2.26. The van der Waals surface area contributed by atoms with Crippen molar-refractivity contribution in [3.8, 4) is 0 Å². The van der Waals surface area contributed by atoms with Crippen molar-refractivity contribution in [2.45, 2.75) is 52.0 Å². The molecule has 2 N–H and O–H groups in total. The predicted octanol–water partition coefficient (Wildman–Crippen LogP) is 4.27. The molecule has 0 amide bonds. The summed E-state index contributed by atoms with van der Waals surface area (Å²) in [6.45, 7) is 4.50. The largest absolute Gasteiger partial charge is 0.324 e. The Balaban J connectivity index is 2.04. The van der Waals surface area contributed by atoms with Gasteiger partial charge in [0.2, 0.25) is 0 Å². The minimum absolute atomic E-state index is 0.278. The van der Waals surface area contributed by atoms with E-state index in [-0.39, 0.29) is 6.04 Å². The Kier molecular flexibility index (Phi) is 4.04. The summed E-state index contributed by atoms with van der Waals surface area (Å²) in [6.07, 6.45) is 6.79. The van der Waals surface area contributed by atoms with E-state index in [4.69, 9.17) is 5.73 Å². The van der Waals surface area contributed by atoms with Gasteiger partial charge in [-0.25, -0.2) is 0 Å². The lowest BCUT2D eigenvalue weighted by Gasteiger charge is -2.32. The van der Waals surface area contributed by atoms with Gasteiger partial charge >= 0.3 is 0 Å². The molecule has 0 aliphatic heterocycles. The molecule has 1 fully saturated rings. The summed E-state index contributed by atoms with van der Waals surface area (Å²) < 4.78 is 0. The van der Waals surface area contributed by atoms with Gasteiger partial charge < -0.3 is 5.73 Å². The van der Waals surface area contributed by atoms with Crippen molar-refractivity contribution in [2.24, 2.45) is 17.6 Å². The van der Waals surface area contributed by atoms with Crippen molar-refractivity contribution in [1.29, 1.82) is 0 Å². The van der Waals surface area contributed by atoms with Crippen LogP contribution in [0.3, 0.4) is 0 Å². The molecular weight excluding hydrogens is 214 g/mol. The average Bonchev–Trinajstić information content (AvgIpc) is 2.74. The Morgan fingerprint density at radius 1 is 1.44 bits per heavy atom. The molecule has 0 radical (unpaired) electrons. The van der Waals surface area contributed by atoms with Crippen molar-refractivity contribution in [3.05, 3.63) is 21.9 Å². The van der Waals surface area contributed by atoms with Crippen LogP contribution in [0.4, 0.5) is 0 Å². The number of hydrogen-bond donors (Lipinski definition) is 1. The molecule has 16 heavy (non-hydrogen) atoms. The second-order valence-corrected chi connectivity index (χ2v) is 5.98. The van der Waals surface area contributed by atoms with Crippen LogP contribution in [0, 0.1) is 18.8 Å². The Bertz CT molecular complexity index is 331. The van der Waals surface area contributed by atoms with Crippen LogP contribution >= 0.6 is 11.3 Å². The fraction of sp³-hybridized carbons (Fsp3) is 0.714. The molecule has 1 heterocycles. The lowest BCUT2D eigenvalue weighted by molar-refractivity contribution is 0.230. The number of thiophene rings is 1. The topological polar surface area (TPSA) is 26.0 Å². The van der Waals surface area contributed by atoms with Gasteiger partial charge in [-0.2, -0.15) is 11.3 Å². The average molecular weight is 237 g/mol. The SMILES string of the molecule is CCC1CCCC(C(N)c2cscc2C)C1. The molecule has 90 valence electrons. The zero-order valence-corrected chi connectivity index (χ0v) is 11.2. The highest BCUT2D eigenvalue weighted by atomic mass is 32.1. The third kappa shape index (κ3) is 2.49. The first kappa shape index (κ1) is 12.1. The molecule has 3 atom stereocenters. The number of nitrogens with two attached hydrogens (primary N) is 1. The summed E-state index contributed by atoms with van der Waals surface area (Å²) in [6, 6.07) is 0.278. The van der Waals surface area contributed by atoms with Crippen molar-refractivity contribution in [2.75, 3.05) is 0 Å². The first-order chi connectivity index (χ1) is 7.72. The molecule has 1 aliphatic carbocycles. The van der Waals surface area contributed by atoms with E-state index in [1.807, 2.05) is 0 Å². The molecule has 2 heteroatoms. The second kappa shape index (κ2) is 5.33. The van der Waals surface area contributed by atoms with E-state index in [1.54, 1.807) is 11.3 Å². The van der Waals surface area contributed by atoms with Gasteiger partial charge in [0.25, 0.3) is 0 Å². The van der Waals surface area contributed by atoms with Gasteiger partial charge in [-0.05, 0) is 53.5 Å². The van der Waals surface area contributed by atoms with Gasteiger partial charge in [-0.1, -0.05) is 26.2 Å². The van der Waals surface area contributed by atoms with E-state index in [9.17, 15) is 0 Å². The van der Waals surface area contributed by atoms with Crippen molar-refractivity contribution in [1.82, 2.24) is 0 Å². The van der Waals surface area contributed by atoms with Crippen LogP contribution in [0.1, 0.15) is 56.2 Å².